The molecule has 2 heterocycles. The molecule has 1 aliphatic heterocycles. The third-order valence-electron chi connectivity index (χ3n) is 2.93. The van der Waals surface area contributed by atoms with Gasteiger partial charge in [0.15, 0.2) is 0 Å². The van der Waals surface area contributed by atoms with Crippen LogP contribution < -0.4 is 16.0 Å². The topological polar surface area (TPSA) is 107 Å². The number of anilines is 1. The third-order valence-corrected chi connectivity index (χ3v) is 2.93. The van der Waals surface area contributed by atoms with Crippen molar-refractivity contribution in [1.29, 1.82) is 0 Å². The number of carbonyl (C=O) groups excluding carboxylic acids is 1. The number of hydrogen-bond donors (Lipinski definition) is 2. The van der Waals surface area contributed by atoms with E-state index in [0.717, 1.165) is 0 Å². The molecular weight excluding hydrogens is 262 g/mol. The number of rotatable bonds is 4. The summed E-state index contributed by atoms with van der Waals surface area (Å²) in [7, 11) is 0. The average molecular weight is 283 g/mol. The van der Waals surface area contributed by atoms with Gasteiger partial charge in [0.1, 0.15) is 6.04 Å². The molecule has 112 valence electrons. The second kappa shape index (κ2) is 6.19. The van der Waals surface area contributed by atoms with Crippen LogP contribution in [0.15, 0.2) is 4.42 Å². The summed E-state index contributed by atoms with van der Waals surface area (Å²) in [6.07, 6.45) is 0. The number of amides is 1. The molecular formula is C12H21N5O3. The Morgan fingerprint density at radius 3 is 2.80 bits per heavy atom. The van der Waals surface area contributed by atoms with Gasteiger partial charge in [-0.15, -0.1) is 5.10 Å². The minimum absolute atomic E-state index is 0.0635. The molecule has 1 saturated heterocycles. The lowest BCUT2D eigenvalue weighted by atomic mass is 10.2. The number of aromatic nitrogens is 2. The van der Waals surface area contributed by atoms with Gasteiger partial charge in [0.25, 0.3) is 0 Å². The highest BCUT2D eigenvalue weighted by atomic mass is 16.5. The molecule has 1 aromatic rings. The maximum absolute atomic E-state index is 12.2. The number of nitrogens with two attached hydrogens (primary N) is 1. The zero-order chi connectivity index (χ0) is 14.7. The first-order valence-electron chi connectivity index (χ1n) is 6.72. The number of nitrogens with zero attached hydrogens (tertiary/aromatic N) is 3. The first-order valence-corrected chi connectivity index (χ1v) is 6.72. The number of ether oxygens (including phenoxy) is 1. The van der Waals surface area contributed by atoms with Crippen LogP contribution in [0.3, 0.4) is 0 Å². The Morgan fingerprint density at radius 1 is 1.45 bits per heavy atom. The summed E-state index contributed by atoms with van der Waals surface area (Å²) in [5.74, 6) is 0.245. The summed E-state index contributed by atoms with van der Waals surface area (Å²) in [6.45, 7) is 6.92. The Hall–Kier alpha value is -1.67. The number of morpholine rings is 1. The van der Waals surface area contributed by atoms with Crippen molar-refractivity contribution in [3.63, 3.8) is 0 Å². The monoisotopic (exact) mass is 283 g/mol. The summed E-state index contributed by atoms with van der Waals surface area (Å²) in [5, 5.41) is 10.7. The van der Waals surface area contributed by atoms with E-state index in [1.54, 1.807) is 11.8 Å². The van der Waals surface area contributed by atoms with Crippen LogP contribution in [0.4, 0.5) is 6.01 Å². The summed E-state index contributed by atoms with van der Waals surface area (Å²) in [6, 6.07) is -0.425. The highest BCUT2D eigenvalue weighted by Crippen LogP contribution is 2.20. The molecule has 0 aromatic carbocycles. The molecule has 1 amide bonds. The summed E-state index contributed by atoms with van der Waals surface area (Å²) in [5.41, 5.74) is 5.70. The van der Waals surface area contributed by atoms with Crippen molar-refractivity contribution in [3.8, 4) is 0 Å². The smallest absolute Gasteiger partial charge is 0.319 e. The van der Waals surface area contributed by atoms with Gasteiger partial charge < -0.3 is 25.1 Å². The van der Waals surface area contributed by atoms with Crippen molar-refractivity contribution in [2.75, 3.05) is 24.7 Å². The highest BCUT2D eigenvalue weighted by molar-refractivity contribution is 5.85. The summed E-state index contributed by atoms with van der Waals surface area (Å²) >= 11 is 0. The van der Waals surface area contributed by atoms with Crippen molar-refractivity contribution in [1.82, 2.24) is 15.5 Å². The van der Waals surface area contributed by atoms with E-state index >= 15 is 0 Å². The number of nitrogens with one attached hydrogen (secondary N) is 1. The summed E-state index contributed by atoms with van der Waals surface area (Å²) in [4.78, 5) is 13.9. The number of carbonyl (C=O) groups is 1. The predicted molar refractivity (Wildman–Crippen MR) is 72.1 cm³/mol. The van der Waals surface area contributed by atoms with E-state index in [1.165, 1.54) is 0 Å². The van der Waals surface area contributed by atoms with E-state index in [2.05, 4.69) is 15.5 Å². The van der Waals surface area contributed by atoms with Crippen LogP contribution in [0.25, 0.3) is 0 Å². The van der Waals surface area contributed by atoms with Crippen LogP contribution >= 0.6 is 0 Å². The molecule has 0 radical (unpaired) electrons. The Bertz CT molecular complexity index is 460. The van der Waals surface area contributed by atoms with Gasteiger partial charge in [0.05, 0.1) is 19.3 Å². The van der Waals surface area contributed by atoms with Crippen molar-refractivity contribution in [2.45, 2.75) is 38.9 Å². The van der Waals surface area contributed by atoms with E-state index in [0.29, 0.717) is 31.7 Å². The normalized spacial score (nSPS) is 21.1. The average Bonchev–Trinajstić information content (AvgIpc) is 2.87. The fraction of sp³-hybridized carbons (Fsp3) is 0.750. The van der Waals surface area contributed by atoms with E-state index < -0.39 is 6.04 Å². The molecule has 20 heavy (non-hydrogen) atoms. The molecule has 2 atom stereocenters. The molecule has 0 aliphatic carbocycles. The quantitative estimate of drug-likeness (QED) is 0.789. The Kier molecular flexibility index (Phi) is 4.56. The molecule has 1 aromatic heterocycles. The van der Waals surface area contributed by atoms with E-state index in [-0.39, 0.29) is 18.0 Å². The zero-order valence-corrected chi connectivity index (χ0v) is 12.0. The minimum Gasteiger partial charge on any atom is -0.406 e. The molecule has 1 aliphatic rings. The maximum Gasteiger partial charge on any atom is 0.319 e. The van der Waals surface area contributed by atoms with Gasteiger partial charge in [-0.25, -0.2) is 0 Å². The lowest BCUT2D eigenvalue weighted by Gasteiger charge is -2.33. The Balaban J connectivity index is 2.15. The summed E-state index contributed by atoms with van der Waals surface area (Å²) < 4.78 is 10.9. The zero-order valence-electron chi connectivity index (χ0n) is 12.0. The van der Waals surface area contributed by atoms with Crippen molar-refractivity contribution >= 4 is 11.9 Å². The fourth-order valence-electron chi connectivity index (χ4n) is 1.96. The van der Waals surface area contributed by atoms with Crippen molar-refractivity contribution < 1.29 is 13.9 Å². The van der Waals surface area contributed by atoms with Crippen molar-refractivity contribution in [3.05, 3.63) is 5.89 Å². The van der Waals surface area contributed by atoms with Crippen LogP contribution in [0, 0.1) is 0 Å². The van der Waals surface area contributed by atoms with E-state index in [9.17, 15) is 4.79 Å². The Labute approximate surface area is 117 Å². The molecule has 0 bridgehead atoms. The minimum atomic E-state index is -0.465. The van der Waals surface area contributed by atoms with Gasteiger partial charge in [-0.1, -0.05) is 5.10 Å². The van der Waals surface area contributed by atoms with Gasteiger partial charge in [-0.2, -0.15) is 0 Å². The van der Waals surface area contributed by atoms with E-state index in [1.807, 2.05) is 13.8 Å². The highest BCUT2D eigenvalue weighted by Gasteiger charge is 2.33. The maximum atomic E-state index is 12.2. The van der Waals surface area contributed by atoms with Crippen LogP contribution in [-0.2, 0) is 9.53 Å². The molecule has 3 N–H and O–H groups in total. The second-order valence-corrected chi connectivity index (χ2v) is 5.16. The standard InChI is InChI=1S/C12H21N5O3/c1-7(2)14-10(18)9-6-19-5-4-17(9)12-16-15-11(20-12)8(3)13/h7-9H,4-6,13H2,1-3H3,(H,14,18). The largest absolute Gasteiger partial charge is 0.406 e. The molecule has 8 nitrogen and oxygen atoms in total. The Morgan fingerprint density at radius 2 is 2.20 bits per heavy atom. The van der Waals surface area contributed by atoms with Crippen LogP contribution in [0.1, 0.15) is 32.7 Å². The van der Waals surface area contributed by atoms with Gasteiger partial charge in [0.2, 0.25) is 11.8 Å². The molecule has 2 rings (SSSR count). The van der Waals surface area contributed by atoms with Gasteiger partial charge in [0, 0.05) is 12.6 Å². The van der Waals surface area contributed by atoms with Crippen LogP contribution in [0.2, 0.25) is 0 Å². The van der Waals surface area contributed by atoms with E-state index in [4.69, 9.17) is 14.9 Å². The molecule has 2 unspecified atom stereocenters. The predicted octanol–water partition coefficient (Wildman–Crippen LogP) is -0.181. The van der Waals surface area contributed by atoms with Crippen LogP contribution in [-0.4, -0.2) is 47.9 Å². The van der Waals surface area contributed by atoms with Gasteiger partial charge >= 0.3 is 6.01 Å². The lowest BCUT2D eigenvalue weighted by Crippen LogP contribution is -2.55. The first-order chi connectivity index (χ1) is 9.49. The first kappa shape index (κ1) is 14.7. The van der Waals surface area contributed by atoms with Crippen molar-refractivity contribution in [2.24, 2.45) is 5.73 Å². The third kappa shape index (κ3) is 3.26. The number of hydrogen-bond acceptors (Lipinski definition) is 7. The SMILES string of the molecule is CC(C)NC(=O)C1COCCN1c1nnc(C(C)N)o1. The van der Waals surface area contributed by atoms with Crippen LogP contribution in [0.5, 0.6) is 0 Å². The second-order valence-electron chi connectivity index (χ2n) is 5.16. The molecule has 1 fully saturated rings. The lowest BCUT2D eigenvalue weighted by molar-refractivity contribution is -0.125. The van der Waals surface area contributed by atoms with Gasteiger partial charge in [-0.05, 0) is 20.8 Å². The molecule has 8 heteroatoms. The fourth-order valence-corrected chi connectivity index (χ4v) is 1.96. The molecule has 0 saturated carbocycles. The van der Waals surface area contributed by atoms with Gasteiger partial charge in [-0.3, -0.25) is 4.79 Å². The molecule has 0 spiro atoms.